The van der Waals surface area contributed by atoms with Gasteiger partial charge in [-0.1, -0.05) is 6.92 Å². The first-order valence-corrected chi connectivity index (χ1v) is 9.47. The van der Waals surface area contributed by atoms with Crippen molar-refractivity contribution in [2.24, 2.45) is 5.92 Å². The van der Waals surface area contributed by atoms with Crippen LogP contribution in [0.15, 0.2) is 6.07 Å². The number of piperazine rings is 1. The van der Waals surface area contributed by atoms with Gasteiger partial charge in [0.05, 0.1) is 6.54 Å². The summed E-state index contributed by atoms with van der Waals surface area (Å²) < 4.78 is 1.95. The van der Waals surface area contributed by atoms with E-state index in [-0.39, 0.29) is 0 Å². The number of fused-ring (bicyclic) bond motifs is 1. The zero-order chi connectivity index (χ0) is 17.4. The van der Waals surface area contributed by atoms with Gasteiger partial charge in [-0.05, 0) is 39.3 Å². The molecule has 0 amide bonds. The van der Waals surface area contributed by atoms with E-state index in [2.05, 4.69) is 39.7 Å². The van der Waals surface area contributed by atoms with Gasteiger partial charge in [0.25, 0.3) is 5.78 Å². The molecule has 0 bridgehead atoms. The molecule has 4 rings (SSSR count). The summed E-state index contributed by atoms with van der Waals surface area (Å²) in [4.78, 5) is 16.6. The molecule has 0 N–H and O–H groups in total. The molecule has 0 aliphatic carbocycles. The Hall–Kier alpha value is -1.73. The molecule has 0 spiro atoms. The van der Waals surface area contributed by atoms with Crippen LogP contribution in [0.3, 0.4) is 0 Å². The maximum atomic E-state index is 4.81. The molecule has 0 aromatic carbocycles. The molecule has 2 aromatic rings. The van der Waals surface area contributed by atoms with Crippen molar-refractivity contribution < 1.29 is 0 Å². The molecule has 136 valence electrons. The molecule has 2 saturated heterocycles. The van der Waals surface area contributed by atoms with Crippen LogP contribution in [0.2, 0.25) is 0 Å². The molecule has 2 aliphatic rings. The molecule has 2 aromatic heterocycles. The molecule has 25 heavy (non-hydrogen) atoms. The lowest BCUT2D eigenvalue weighted by molar-refractivity contribution is 0.173. The monoisotopic (exact) mass is 343 g/mol. The van der Waals surface area contributed by atoms with Gasteiger partial charge in [0.15, 0.2) is 5.82 Å². The number of rotatable bonds is 3. The fourth-order valence-corrected chi connectivity index (χ4v) is 3.97. The quantitative estimate of drug-likeness (QED) is 0.840. The average Bonchev–Trinajstić information content (AvgIpc) is 2.97. The van der Waals surface area contributed by atoms with Gasteiger partial charge in [0, 0.05) is 44.5 Å². The summed E-state index contributed by atoms with van der Waals surface area (Å²) in [5, 5.41) is 4.81. The number of nitrogens with zero attached hydrogens (tertiary/aromatic N) is 7. The van der Waals surface area contributed by atoms with Crippen LogP contribution >= 0.6 is 0 Å². The summed E-state index contributed by atoms with van der Waals surface area (Å²) in [6.45, 7) is 11.7. The number of anilines is 1. The van der Waals surface area contributed by atoms with E-state index in [0.717, 1.165) is 74.8 Å². The van der Waals surface area contributed by atoms with Crippen molar-refractivity contribution in [3.63, 3.8) is 0 Å². The predicted octanol–water partition coefficient (Wildman–Crippen LogP) is 1.42. The van der Waals surface area contributed by atoms with Crippen LogP contribution in [0, 0.1) is 12.8 Å². The summed E-state index contributed by atoms with van der Waals surface area (Å²) in [6.07, 6.45) is 2.61. The maximum absolute atomic E-state index is 4.81. The van der Waals surface area contributed by atoms with Crippen molar-refractivity contribution in [1.29, 1.82) is 0 Å². The number of hydrogen-bond acceptors (Lipinski definition) is 6. The van der Waals surface area contributed by atoms with E-state index in [4.69, 9.17) is 10.1 Å². The van der Waals surface area contributed by atoms with Crippen LogP contribution in [-0.2, 0) is 6.54 Å². The second-order valence-electron chi connectivity index (χ2n) is 7.77. The largest absolute Gasteiger partial charge is 0.354 e. The van der Waals surface area contributed by atoms with Crippen molar-refractivity contribution in [2.45, 2.75) is 33.2 Å². The van der Waals surface area contributed by atoms with E-state index in [1.54, 1.807) is 0 Å². The van der Waals surface area contributed by atoms with Crippen LogP contribution in [0.4, 0.5) is 5.82 Å². The van der Waals surface area contributed by atoms with E-state index < -0.39 is 0 Å². The van der Waals surface area contributed by atoms with Gasteiger partial charge in [-0.25, -0.2) is 4.98 Å². The van der Waals surface area contributed by atoms with Gasteiger partial charge in [-0.2, -0.15) is 9.50 Å². The van der Waals surface area contributed by atoms with Crippen LogP contribution in [0.5, 0.6) is 0 Å². The van der Waals surface area contributed by atoms with Crippen LogP contribution < -0.4 is 4.90 Å². The molecule has 0 unspecified atom stereocenters. The number of aryl methyl sites for hydroxylation is 1. The number of piperidine rings is 1. The second kappa shape index (κ2) is 6.88. The average molecular weight is 343 g/mol. The molecule has 2 aliphatic heterocycles. The Morgan fingerprint density at radius 1 is 1.12 bits per heavy atom. The molecular weight excluding hydrogens is 314 g/mol. The Labute approximate surface area is 149 Å². The number of hydrogen-bond donors (Lipinski definition) is 0. The zero-order valence-corrected chi connectivity index (χ0v) is 15.6. The first-order valence-electron chi connectivity index (χ1n) is 9.47. The highest BCUT2D eigenvalue weighted by Gasteiger charge is 2.21. The summed E-state index contributed by atoms with van der Waals surface area (Å²) in [5.74, 6) is 3.52. The molecule has 0 radical (unpaired) electrons. The van der Waals surface area contributed by atoms with Gasteiger partial charge in [0.1, 0.15) is 5.82 Å². The number of likely N-dealkylation sites (tertiary alicyclic amines) is 1. The molecule has 1 atom stereocenters. The maximum Gasteiger partial charge on any atom is 0.254 e. The molecule has 0 saturated carbocycles. The van der Waals surface area contributed by atoms with Crippen molar-refractivity contribution in [1.82, 2.24) is 29.4 Å². The molecule has 7 nitrogen and oxygen atoms in total. The lowest BCUT2D eigenvalue weighted by atomic mass is 10.0. The third-order valence-electron chi connectivity index (χ3n) is 5.40. The van der Waals surface area contributed by atoms with Gasteiger partial charge in [-0.3, -0.25) is 4.90 Å². The standard InChI is InChI=1S/C18H29N7/c1-14-5-4-6-23(12-14)13-16-20-18-19-15(2)11-17(25(18)21-16)24-9-7-22(3)8-10-24/h11,14H,4-10,12-13H2,1-3H3/t14-/m0/s1. The van der Waals surface area contributed by atoms with E-state index >= 15 is 0 Å². The van der Waals surface area contributed by atoms with E-state index in [1.807, 2.05) is 11.4 Å². The highest BCUT2D eigenvalue weighted by atomic mass is 15.4. The first kappa shape index (κ1) is 16.7. The van der Waals surface area contributed by atoms with Crippen molar-refractivity contribution in [2.75, 3.05) is 51.2 Å². The second-order valence-corrected chi connectivity index (χ2v) is 7.77. The number of aromatic nitrogens is 4. The molecular formula is C18H29N7. The van der Waals surface area contributed by atoms with Crippen LogP contribution in [0.25, 0.3) is 5.78 Å². The summed E-state index contributed by atoms with van der Waals surface area (Å²) in [5.41, 5.74) is 1.01. The lowest BCUT2D eigenvalue weighted by Crippen LogP contribution is -2.45. The Bertz CT molecular complexity index is 732. The number of likely N-dealkylation sites (N-methyl/N-ethyl adjacent to an activating group) is 1. The van der Waals surface area contributed by atoms with E-state index in [1.165, 1.54) is 12.8 Å². The first-order chi connectivity index (χ1) is 12.1. The molecule has 4 heterocycles. The van der Waals surface area contributed by atoms with Crippen molar-refractivity contribution in [3.05, 3.63) is 17.6 Å². The van der Waals surface area contributed by atoms with Crippen molar-refractivity contribution >= 4 is 11.6 Å². The highest BCUT2D eigenvalue weighted by molar-refractivity contribution is 5.48. The summed E-state index contributed by atoms with van der Waals surface area (Å²) in [7, 11) is 2.18. The predicted molar refractivity (Wildman–Crippen MR) is 98.9 cm³/mol. The fourth-order valence-electron chi connectivity index (χ4n) is 3.97. The van der Waals surface area contributed by atoms with E-state index in [9.17, 15) is 0 Å². The Morgan fingerprint density at radius 2 is 1.92 bits per heavy atom. The molecule has 2 fully saturated rings. The fraction of sp³-hybridized carbons (Fsp3) is 0.722. The van der Waals surface area contributed by atoms with E-state index in [0.29, 0.717) is 0 Å². The Kier molecular flexibility index (Phi) is 4.60. The van der Waals surface area contributed by atoms with Gasteiger partial charge in [0.2, 0.25) is 0 Å². The van der Waals surface area contributed by atoms with Crippen LogP contribution in [0.1, 0.15) is 31.3 Å². The lowest BCUT2D eigenvalue weighted by Gasteiger charge is -2.33. The Morgan fingerprint density at radius 3 is 2.68 bits per heavy atom. The van der Waals surface area contributed by atoms with Gasteiger partial charge >= 0.3 is 0 Å². The van der Waals surface area contributed by atoms with Gasteiger partial charge in [-0.15, -0.1) is 5.10 Å². The smallest absolute Gasteiger partial charge is 0.254 e. The minimum absolute atomic E-state index is 0.731. The normalized spacial score (nSPS) is 23.5. The summed E-state index contributed by atoms with van der Waals surface area (Å²) >= 11 is 0. The van der Waals surface area contributed by atoms with Crippen molar-refractivity contribution in [3.8, 4) is 0 Å². The summed E-state index contributed by atoms with van der Waals surface area (Å²) in [6, 6.07) is 2.14. The Balaban J connectivity index is 1.60. The zero-order valence-electron chi connectivity index (χ0n) is 15.6. The molecule has 7 heteroatoms. The third-order valence-corrected chi connectivity index (χ3v) is 5.40. The SMILES string of the molecule is Cc1cc(N2CCN(C)CC2)n2nc(CN3CCC[C@H](C)C3)nc2n1. The van der Waals surface area contributed by atoms with Gasteiger partial charge < -0.3 is 9.80 Å². The third kappa shape index (κ3) is 3.62. The topological polar surface area (TPSA) is 52.8 Å². The minimum Gasteiger partial charge on any atom is -0.354 e. The highest BCUT2D eigenvalue weighted by Crippen LogP contribution is 2.20. The van der Waals surface area contributed by atoms with Crippen LogP contribution in [-0.4, -0.2) is 75.7 Å². The minimum atomic E-state index is 0.731.